The summed E-state index contributed by atoms with van der Waals surface area (Å²) in [5.41, 5.74) is 5.60. The second kappa shape index (κ2) is 6.20. The molecule has 0 aliphatic rings. The third kappa shape index (κ3) is 4.40. The van der Waals surface area contributed by atoms with Crippen molar-refractivity contribution in [2.45, 2.75) is 20.0 Å². The third-order valence-electron chi connectivity index (χ3n) is 2.02. The van der Waals surface area contributed by atoms with Crippen LogP contribution in [0.15, 0.2) is 18.2 Å². The van der Waals surface area contributed by atoms with Crippen LogP contribution < -0.4 is 10.5 Å². The lowest BCUT2D eigenvalue weighted by atomic mass is 10.2. The maximum Gasteiger partial charge on any atom is 0.130 e. The van der Waals surface area contributed by atoms with Gasteiger partial charge in [-0.1, -0.05) is 0 Å². The molecule has 0 bridgehead atoms. The van der Waals surface area contributed by atoms with E-state index < -0.39 is 5.82 Å². The first-order valence-electron chi connectivity index (χ1n) is 5.39. The molecular weight excluding hydrogens is 223 g/mol. The molecular formula is C12H17FN2O2. The molecule has 1 aromatic rings. The van der Waals surface area contributed by atoms with E-state index in [0.29, 0.717) is 19.0 Å². The predicted octanol–water partition coefficient (Wildman–Crippen LogP) is 1.91. The van der Waals surface area contributed by atoms with Crippen molar-refractivity contribution in [1.82, 2.24) is 0 Å². The Morgan fingerprint density at radius 2 is 2.12 bits per heavy atom. The zero-order valence-electron chi connectivity index (χ0n) is 10.00. The predicted molar refractivity (Wildman–Crippen MR) is 64.0 cm³/mol. The third-order valence-corrected chi connectivity index (χ3v) is 2.02. The highest BCUT2D eigenvalue weighted by atomic mass is 19.1. The molecule has 0 fully saturated rings. The zero-order valence-corrected chi connectivity index (χ0v) is 10.00. The van der Waals surface area contributed by atoms with Crippen LogP contribution in [0.2, 0.25) is 0 Å². The Labute approximate surface area is 100 Å². The molecule has 17 heavy (non-hydrogen) atoms. The van der Waals surface area contributed by atoms with Gasteiger partial charge in [-0.15, -0.1) is 0 Å². The van der Waals surface area contributed by atoms with Crippen LogP contribution in [0.5, 0.6) is 5.75 Å². The molecule has 0 unspecified atom stereocenters. The van der Waals surface area contributed by atoms with Gasteiger partial charge in [-0.2, -0.15) is 0 Å². The van der Waals surface area contributed by atoms with Gasteiger partial charge in [-0.3, -0.25) is 5.41 Å². The number of nitrogen functional groups attached to an aromatic ring is 1. The van der Waals surface area contributed by atoms with Crippen molar-refractivity contribution in [3.8, 4) is 5.75 Å². The van der Waals surface area contributed by atoms with Crippen molar-refractivity contribution in [2.75, 3.05) is 13.2 Å². The Morgan fingerprint density at radius 1 is 1.41 bits per heavy atom. The Bertz CT molecular complexity index is 394. The molecule has 0 atom stereocenters. The average Bonchev–Trinajstić information content (AvgIpc) is 2.25. The van der Waals surface area contributed by atoms with Gasteiger partial charge in [0.2, 0.25) is 0 Å². The maximum atomic E-state index is 13.0. The van der Waals surface area contributed by atoms with E-state index in [4.69, 9.17) is 20.6 Å². The minimum Gasteiger partial charge on any atom is -0.490 e. The topological polar surface area (TPSA) is 68.3 Å². The minimum absolute atomic E-state index is 0.138. The molecule has 0 aliphatic carbocycles. The molecule has 3 N–H and O–H groups in total. The monoisotopic (exact) mass is 240 g/mol. The highest BCUT2D eigenvalue weighted by Gasteiger charge is 2.08. The molecule has 0 spiro atoms. The van der Waals surface area contributed by atoms with Gasteiger partial charge < -0.3 is 15.2 Å². The molecule has 94 valence electrons. The molecule has 1 rings (SSSR count). The van der Waals surface area contributed by atoms with E-state index in [1.54, 1.807) is 0 Å². The van der Waals surface area contributed by atoms with Gasteiger partial charge in [0.25, 0.3) is 0 Å². The Hall–Kier alpha value is -1.62. The van der Waals surface area contributed by atoms with E-state index in [1.165, 1.54) is 18.2 Å². The van der Waals surface area contributed by atoms with Gasteiger partial charge in [-0.05, 0) is 32.0 Å². The number of nitrogens with one attached hydrogen (secondary N) is 1. The average molecular weight is 240 g/mol. The van der Waals surface area contributed by atoms with Crippen LogP contribution in [0.4, 0.5) is 4.39 Å². The number of rotatable bonds is 6. The molecule has 5 heteroatoms. The standard InChI is InChI=1S/C12H17FN2O2/c1-8(2)16-5-6-17-11-4-3-9(13)7-10(11)12(14)15/h3-4,7-8H,5-6H2,1-2H3,(H3,14,15). The first-order valence-corrected chi connectivity index (χ1v) is 5.39. The molecule has 0 aliphatic heterocycles. The van der Waals surface area contributed by atoms with Crippen LogP contribution in [0, 0.1) is 11.2 Å². The van der Waals surface area contributed by atoms with Crippen LogP contribution in [0.1, 0.15) is 19.4 Å². The van der Waals surface area contributed by atoms with Gasteiger partial charge in [0.05, 0.1) is 18.3 Å². The Kier molecular flexibility index (Phi) is 4.90. The highest BCUT2D eigenvalue weighted by Crippen LogP contribution is 2.19. The molecule has 0 saturated heterocycles. The maximum absolute atomic E-state index is 13.0. The molecule has 4 nitrogen and oxygen atoms in total. The smallest absolute Gasteiger partial charge is 0.130 e. The summed E-state index contributed by atoms with van der Waals surface area (Å²) < 4.78 is 23.7. The van der Waals surface area contributed by atoms with Crippen molar-refractivity contribution in [1.29, 1.82) is 5.41 Å². The number of benzene rings is 1. The number of hydrogen-bond acceptors (Lipinski definition) is 3. The van der Waals surface area contributed by atoms with Gasteiger partial charge in [0, 0.05) is 0 Å². The van der Waals surface area contributed by atoms with Crippen molar-refractivity contribution in [3.05, 3.63) is 29.6 Å². The summed E-state index contributed by atoms with van der Waals surface area (Å²) in [5.74, 6) is -0.267. The lowest BCUT2D eigenvalue weighted by molar-refractivity contribution is 0.0552. The number of amidine groups is 1. The molecule has 1 aromatic carbocycles. The van der Waals surface area contributed by atoms with Crippen molar-refractivity contribution in [3.63, 3.8) is 0 Å². The lowest BCUT2D eigenvalue weighted by Gasteiger charge is -2.12. The van der Waals surface area contributed by atoms with Crippen LogP contribution >= 0.6 is 0 Å². The largest absolute Gasteiger partial charge is 0.490 e. The van der Waals surface area contributed by atoms with Crippen LogP contribution in [0.25, 0.3) is 0 Å². The SMILES string of the molecule is CC(C)OCCOc1ccc(F)cc1C(=N)N. The Balaban J connectivity index is 2.61. The van der Waals surface area contributed by atoms with Gasteiger partial charge >= 0.3 is 0 Å². The first kappa shape index (κ1) is 13.4. The molecule has 0 radical (unpaired) electrons. The summed E-state index contributed by atoms with van der Waals surface area (Å²) in [6.07, 6.45) is 0.138. The number of hydrogen-bond donors (Lipinski definition) is 2. The van der Waals surface area contributed by atoms with Gasteiger partial charge in [0.15, 0.2) is 0 Å². The lowest BCUT2D eigenvalue weighted by Crippen LogP contribution is -2.16. The fourth-order valence-electron chi connectivity index (χ4n) is 1.27. The van der Waals surface area contributed by atoms with Crippen molar-refractivity contribution in [2.24, 2.45) is 5.73 Å². The second-order valence-corrected chi connectivity index (χ2v) is 3.82. The van der Waals surface area contributed by atoms with Crippen LogP contribution in [-0.4, -0.2) is 25.2 Å². The number of ether oxygens (including phenoxy) is 2. The van der Waals surface area contributed by atoms with Gasteiger partial charge in [-0.25, -0.2) is 4.39 Å². The summed E-state index contributed by atoms with van der Waals surface area (Å²) in [6.45, 7) is 4.63. The van der Waals surface area contributed by atoms with Gasteiger partial charge in [0.1, 0.15) is 24.0 Å². The number of halogens is 1. The molecule has 0 aromatic heterocycles. The van der Waals surface area contributed by atoms with E-state index in [2.05, 4.69) is 0 Å². The quantitative estimate of drug-likeness (QED) is 0.453. The zero-order chi connectivity index (χ0) is 12.8. The van der Waals surface area contributed by atoms with E-state index in [-0.39, 0.29) is 17.5 Å². The second-order valence-electron chi connectivity index (χ2n) is 3.82. The fraction of sp³-hybridized carbons (Fsp3) is 0.417. The summed E-state index contributed by atoms with van der Waals surface area (Å²) >= 11 is 0. The van der Waals surface area contributed by atoms with Crippen LogP contribution in [-0.2, 0) is 4.74 Å². The first-order chi connectivity index (χ1) is 8.00. The van der Waals surface area contributed by atoms with Crippen molar-refractivity contribution < 1.29 is 13.9 Å². The Morgan fingerprint density at radius 3 is 2.71 bits per heavy atom. The van der Waals surface area contributed by atoms with Crippen molar-refractivity contribution >= 4 is 5.84 Å². The molecule has 0 amide bonds. The van der Waals surface area contributed by atoms with E-state index in [1.807, 2.05) is 13.8 Å². The van der Waals surface area contributed by atoms with Crippen LogP contribution in [0.3, 0.4) is 0 Å². The minimum atomic E-state index is -0.444. The summed E-state index contributed by atoms with van der Waals surface area (Å²) in [6, 6.07) is 3.91. The summed E-state index contributed by atoms with van der Waals surface area (Å²) in [5, 5.41) is 7.32. The fourth-order valence-corrected chi connectivity index (χ4v) is 1.27. The summed E-state index contributed by atoms with van der Waals surface area (Å²) in [4.78, 5) is 0. The van der Waals surface area contributed by atoms with E-state index >= 15 is 0 Å². The van der Waals surface area contributed by atoms with E-state index in [9.17, 15) is 4.39 Å². The molecule has 0 heterocycles. The molecule has 0 saturated carbocycles. The van der Waals surface area contributed by atoms with E-state index in [0.717, 1.165) is 0 Å². The normalized spacial score (nSPS) is 10.6. The summed E-state index contributed by atoms with van der Waals surface area (Å²) in [7, 11) is 0. The number of nitrogens with two attached hydrogens (primary N) is 1. The highest BCUT2D eigenvalue weighted by molar-refractivity contribution is 5.97.